The second-order valence-electron chi connectivity index (χ2n) is 5.74. The van der Waals surface area contributed by atoms with Crippen LogP contribution in [0.4, 0.5) is 5.69 Å². The van der Waals surface area contributed by atoms with Gasteiger partial charge in [0.2, 0.25) is 5.91 Å². The largest absolute Gasteiger partial charge is 0.376 e. The van der Waals surface area contributed by atoms with Crippen LogP contribution < -0.4 is 5.32 Å². The lowest BCUT2D eigenvalue weighted by Gasteiger charge is -2.15. The van der Waals surface area contributed by atoms with Crippen molar-refractivity contribution in [1.29, 1.82) is 0 Å². The average molecular weight is 310 g/mol. The van der Waals surface area contributed by atoms with Gasteiger partial charge in [0.15, 0.2) is 0 Å². The van der Waals surface area contributed by atoms with Gasteiger partial charge in [0, 0.05) is 13.2 Å². The zero-order valence-electron chi connectivity index (χ0n) is 13.2. The molecule has 2 unspecified atom stereocenters. The second-order valence-corrected chi connectivity index (χ2v) is 5.74. The third-order valence-electron chi connectivity index (χ3n) is 3.95. The number of carbonyl (C=O) groups excluding carboxylic acids is 1. The summed E-state index contributed by atoms with van der Waals surface area (Å²) in [6.45, 7) is 6.62. The number of aromatic nitrogens is 2. The average Bonchev–Trinajstić information content (AvgIpc) is 3.05. The Balaban J connectivity index is 1.93. The Kier molecular flexibility index (Phi) is 5.12. The van der Waals surface area contributed by atoms with Crippen molar-refractivity contribution in [2.75, 3.05) is 13.2 Å². The minimum absolute atomic E-state index is 0.0203. The molecule has 22 heavy (non-hydrogen) atoms. The van der Waals surface area contributed by atoms with Crippen LogP contribution in [0.2, 0.25) is 0 Å². The highest BCUT2D eigenvalue weighted by Crippen LogP contribution is 2.22. The van der Waals surface area contributed by atoms with Gasteiger partial charge in [-0.05, 0) is 26.7 Å². The first-order chi connectivity index (χ1) is 10.4. The Morgan fingerprint density at radius 3 is 2.86 bits per heavy atom. The Hall–Kier alpha value is -1.96. The van der Waals surface area contributed by atoms with Crippen molar-refractivity contribution in [2.45, 2.75) is 46.3 Å². The summed E-state index contributed by atoms with van der Waals surface area (Å²) in [7, 11) is 0. The summed E-state index contributed by atoms with van der Waals surface area (Å²) in [4.78, 5) is 22.6. The third-order valence-corrected chi connectivity index (χ3v) is 3.95. The minimum atomic E-state index is -0.434. The summed E-state index contributed by atoms with van der Waals surface area (Å²) in [5.41, 5.74) is 0.864. The molecule has 0 aromatic carbocycles. The van der Waals surface area contributed by atoms with Crippen molar-refractivity contribution in [3.63, 3.8) is 0 Å². The number of carbonyl (C=O) groups is 1. The molecule has 2 rings (SSSR count). The lowest BCUT2D eigenvalue weighted by molar-refractivity contribution is -0.386. The first-order valence-corrected chi connectivity index (χ1v) is 7.48. The SMILES string of the molecule is Cc1nn(CC(C)C(=O)NCC2CCCO2)c(C)c1[N+](=O)[O-]. The Morgan fingerprint density at radius 2 is 2.32 bits per heavy atom. The summed E-state index contributed by atoms with van der Waals surface area (Å²) in [6.07, 6.45) is 2.11. The molecule has 0 bridgehead atoms. The van der Waals surface area contributed by atoms with Crippen LogP contribution in [0.3, 0.4) is 0 Å². The van der Waals surface area contributed by atoms with E-state index in [2.05, 4.69) is 10.4 Å². The Labute approximate surface area is 129 Å². The maximum atomic E-state index is 12.1. The van der Waals surface area contributed by atoms with Crippen LogP contribution in [0.25, 0.3) is 0 Å². The Bertz CT molecular complexity index is 563. The summed E-state index contributed by atoms with van der Waals surface area (Å²) >= 11 is 0. The second kappa shape index (κ2) is 6.87. The molecule has 8 nitrogen and oxygen atoms in total. The van der Waals surface area contributed by atoms with Gasteiger partial charge in [-0.15, -0.1) is 0 Å². The molecule has 0 aliphatic carbocycles. The van der Waals surface area contributed by atoms with Crippen LogP contribution in [-0.2, 0) is 16.1 Å². The van der Waals surface area contributed by atoms with Crippen LogP contribution in [0, 0.1) is 29.9 Å². The lowest BCUT2D eigenvalue weighted by Crippen LogP contribution is -2.36. The predicted molar refractivity (Wildman–Crippen MR) is 79.5 cm³/mol. The van der Waals surface area contributed by atoms with Crippen LogP contribution in [0.5, 0.6) is 0 Å². The first kappa shape index (κ1) is 16.4. The van der Waals surface area contributed by atoms with Crippen LogP contribution >= 0.6 is 0 Å². The molecular formula is C14H22N4O4. The van der Waals surface area contributed by atoms with E-state index < -0.39 is 4.92 Å². The van der Waals surface area contributed by atoms with Gasteiger partial charge in [-0.3, -0.25) is 19.6 Å². The minimum Gasteiger partial charge on any atom is -0.376 e. The fourth-order valence-electron chi connectivity index (χ4n) is 2.67. The number of hydrogen-bond donors (Lipinski definition) is 1. The molecule has 1 amide bonds. The highest BCUT2D eigenvalue weighted by molar-refractivity contribution is 5.78. The smallest absolute Gasteiger partial charge is 0.312 e. The van der Waals surface area contributed by atoms with Gasteiger partial charge in [-0.25, -0.2) is 0 Å². The molecule has 1 aliphatic rings. The van der Waals surface area contributed by atoms with Gasteiger partial charge in [-0.1, -0.05) is 6.92 Å². The molecule has 2 heterocycles. The van der Waals surface area contributed by atoms with Gasteiger partial charge < -0.3 is 10.1 Å². The van der Waals surface area contributed by atoms with Gasteiger partial charge in [-0.2, -0.15) is 5.10 Å². The lowest BCUT2D eigenvalue weighted by atomic mass is 10.1. The molecule has 1 aromatic heterocycles. The maximum absolute atomic E-state index is 12.1. The summed E-state index contributed by atoms with van der Waals surface area (Å²) in [5, 5.41) is 18.0. The van der Waals surface area contributed by atoms with Gasteiger partial charge in [0.1, 0.15) is 11.4 Å². The van der Waals surface area contributed by atoms with Crippen molar-refractivity contribution in [2.24, 2.45) is 5.92 Å². The fraction of sp³-hybridized carbons (Fsp3) is 0.714. The van der Waals surface area contributed by atoms with E-state index in [1.807, 2.05) is 0 Å². The number of hydrogen-bond acceptors (Lipinski definition) is 5. The van der Waals surface area contributed by atoms with E-state index in [0.29, 0.717) is 24.5 Å². The number of aryl methyl sites for hydroxylation is 1. The monoisotopic (exact) mass is 310 g/mol. The summed E-state index contributed by atoms with van der Waals surface area (Å²) in [6, 6.07) is 0. The van der Waals surface area contributed by atoms with Crippen molar-refractivity contribution in [3.05, 3.63) is 21.5 Å². The first-order valence-electron chi connectivity index (χ1n) is 7.48. The molecule has 1 fully saturated rings. The molecule has 1 aromatic rings. The highest BCUT2D eigenvalue weighted by atomic mass is 16.6. The standard InChI is InChI=1S/C14H22N4O4/c1-9(14(19)15-7-12-5-4-6-22-12)8-17-11(3)13(18(20)21)10(2)16-17/h9,12H,4-8H2,1-3H3,(H,15,19). The highest BCUT2D eigenvalue weighted by Gasteiger charge is 2.24. The van der Waals surface area contributed by atoms with Crippen molar-refractivity contribution in [1.82, 2.24) is 15.1 Å². The molecule has 122 valence electrons. The molecule has 0 saturated carbocycles. The molecule has 0 spiro atoms. The van der Waals surface area contributed by atoms with E-state index in [4.69, 9.17) is 4.74 Å². The van der Waals surface area contributed by atoms with Crippen LogP contribution in [-0.4, -0.2) is 39.9 Å². The van der Waals surface area contributed by atoms with Crippen LogP contribution in [0.1, 0.15) is 31.2 Å². The number of nitrogens with zero attached hydrogens (tertiary/aromatic N) is 3. The van der Waals surface area contributed by atoms with Crippen LogP contribution in [0.15, 0.2) is 0 Å². The molecule has 1 saturated heterocycles. The maximum Gasteiger partial charge on any atom is 0.312 e. The molecule has 1 N–H and O–H groups in total. The van der Waals surface area contributed by atoms with Gasteiger partial charge >= 0.3 is 5.69 Å². The predicted octanol–water partition coefficient (Wildman–Crippen LogP) is 1.34. The quantitative estimate of drug-likeness (QED) is 0.631. The summed E-state index contributed by atoms with van der Waals surface area (Å²) in [5.74, 6) is -0.412. The zero-order valence-corrected chi connectivity index (χ0v) is 13.2. The zero-order chi connectivity index (χ0) is 16.3. The number of amides is 1. The van der Waals surface area contributed by atoms with Crippen molar-refractivity contribution >= 4 is 11.6 Å². The van der Waals surface area contributed by atoms with E-state index in [-0.39, 0.29) is 23.6 Å². The molecule has 1 aliphatic heterocycles. The van der Waals surface area contributed by atoms with E-state index in [9.17, 15) is 14.9 Å². The van der Waals surface area contributed by atoms with Crippen molar-refractivity contribution < 1.29 is 14.5 Å². The topological polar surface area (TPSA) is 99.3 Å². The number of ether oxygens (including phenoxy) is 1. The van der Waals surface area contributed by atoms with Gasteiger partial charge in [0.25, 0.3) is 0 Å². The van der Waals surface area contributed by atoms with E-state index in [1.165, 1.54) is 4.68 Å². The van der Waals surface area contributed by atoms with Gasteiger partial charge in [0.05, 0.1) is 23.5 Å². The molecule has 8 heteroatoms. The number of rotatable bonds is 6. The number of nitro groups is 1. The summed E-state index contributed by atoms with van der Waals surface area (Å²) < 4.78 is 6.99. The normalized spacial score (nSPS) is 19.1. The molecule has 0 radical (unpaired) electrons. The van der Waals surface area contributed by atoms with E-state index in [1.54, 1.807) is 20.8 Å². The van der Waals surface area contributed by atoms with Crippen molar-refractivity contribution in [3.8, 4) is 0 Å². The van der Waals surface area contributed by atoms with E-state index >= 15 is 0 Å². The third kappa shape index (κ3) is 3.62. The molecule has 2 atom stereocenters. The van der Waals surface area contributed by atoms with E-state index in [0.717, 1.165) is 19.4 Å². The Morgan fingerprint density at radius 1 is 1.59 bits per heavy atom. The number of nitrogens with one attached hydrogen (secondary N) is 1. The fourth-order valence-corrected chi connectivity index (χ4v) is 2.67. The molecular weight excluding hydrogens is 288 g/mol.